The van der Waals surface area contributed by atoms with Gasteiger partial charge in [-0.05, 0) is 12.1 Å². The molecule has 0 heterocycles. The van der Waals surface area contributed by atoms with Crippen LogP contribution in [0.15, 0.2) is 23.5 Å². The Morgan fingerprint density at radius 3 is 2.42 bits per heavy atom. The van der Waals surface area contributed by atoms with Gasteiger partial charge in [0, 0.05) is 0 Å². The predicted octanol–water partition coefficient (Wildman–Crippen LogP) is 2.16. The van der Waals surface area contributed by atoms with Crippen LogP contribution < -0.4 is 0 Å². The van der Waals surface area contributed by atoms with E-state index in [1.165, 1.54) is 6.07 Å². The van der Waals surface area contributed by atoms with Crippen LogP contribution in [0.3, 0.4) is 0 Å². The molecule has 0 spiro atoms. The first-order valence-corrected chi connectivity index (χ1v) is 3.13. The van der Waals surface area contributed by atoms with Gasteiger partial charge in [-0.1, -0.05) is 6.07 Å². The number of benzene rings is 1. The zero-order valence-corrected chi connectivity index (χ0v) is 5.96. The normalized spacial score (nSPS) is 9.50. The van der Waals surface area contributed by atoms with Crippen LogP contribution in [0, 0.1) is 16.5 Å². The van der Waals surface area contributed by atoms with Crippen molar-refractivity contribution in [2.45, 2.75) is 6.61 Å². The molecular weight excluding hydrogens is 168 g/mol. The molecule has 0 atom stereocenters. The molecule has 0 aliphatic carbocycles. The van der Waals surface area contributed by atoms with E-state index in [9.17, 15) is 13.7 Å². The molecule has 0 radical (unpaired) electrons. The molecule has 64 valence electrons. The fourth-order valence-corrected chi connectivity index (χ4v) is 0.761. The first-order chi connectivity index (χ1) is 5.75. The van der Waals surface area contributed by atoms with Crippen molar-refractivity contribution in [1.82, 2.24) is 0 Å². The van der Waals surface area contributed by atoms with Gasteiger partial charge >= 0.3 is 0 Å². The molecule has 0 saturated carbocycles. The summed E-state index contributed by atoms with van der Waals surface area (Å²) in [7, 11) is 0. The van der Waals surface area contributed by atoms with Crippen LogP contribution in [0.5, 0.6) is 0 Å². The second kappa shape index (κ2) is 3.75. The largest absolute Gasteiger partial charge is 0.359 e. The van der Waals surface area contributed by atoms with E-state index in [0.29, 0.717) is 0 Å². The predicted molar refractivity (Wildman–Crippen MR) is 36.9 cm³/mol. The van der Waals surface area contributed by atoms with Crippen LogP contribution in [0.1, 0.15) is 5.56 Å². The zero-order valence-electron chi connectivity index (χ0n) is 5.96. The Labute approximate surface area is 66.9 Å². The zero-order chi connectivity index (χ0) is 8.97. The molecule has 0 fully saturated rings. The van der Waals surface area contributed by atoms with Crippen molar-refractivity contribution in [3.05, 3.63) is 40.3 Å². The van der Waals surface area contributed by atoms with Gasteiger partial charge in [-0.3, -0.25) is 0 Å². The lowest BCUT2D eigenvalue weighted by Crippen LogP contribution is -1.95. The average molecular weight is 173 g/mol. The maximum absolute atomic E-state index is 12.7. The summed E-state index contributed by atoms with van der Waals surface area (Å²) in [5, 5.41) is 2.03. The highest BCUT2D eigenvalue weighted by Gasteiger charge is 2.08. The Hall–Kier alpha value is -1.52. The lowest BCUT2D eigenvalue weighted by molar-refractivity contribution is 0.120. The summed E-state index contributed by atoms with van der Waals surface area (Å²) in [5.74, 6) is -1.50. The lowest BCUT2D eigenvalue weighted by Gasteiger charge is -2.00. The molecule has 0 aliphatic rings. The Balaban J connectivity index is 2.88. The van der Waals surface area contributed by atoms with Crippen LogP contribution in [-0.4, -0.2) is 0 Å². The van der Waals surface area contributed by atoms with Gasteiger partial charge in [-0.2, -0.15) is 0 Å². The molecular formula is C7H5F2NO2. The molecule has 1 rings (SSSR count). The van der Waals surface area contributed by atoms with Crippen LogP contribution in [0.2, 0.25) is 0 Å². The maximum Gasteiger partial charge on any atom is 0.155 e. The summed E-state index contributed by atoms with van der Waals surface area (Å²) in [6.45, 7) is -0.484. The van der Waals surface area contributed by atoms with Crippen molar-refractivity contribution in [3.8, 4) is 0 Å². The third kappa shape index (κ3) is 1.75. The Morgan fingerprint density at radius 2 is 1.92 bits per heavy atom. The third-order valence-electron chi connectivity index (χ3n) is 1.32. The first kappa shape index (κ1) is 8.58. The van der Waals surface area contributed by atoms with Crippen LogP contribution in [0.4, 0.5) is 8.78 Å². The minimum Gasteiger partial charge on any atom is -0.359 e. The molecule has 12 heavy (non-hydrogen) atoms. The van der Waals surface area contributed by atoms with Gasteiger partial charge in [0.1, 0.15) is 11.6 Å². The standard InChI is InChI=1S/C7H5F2NO2/c8-6-2-1-3-7(9)5(6)4-12-10-11/h1-3H,4H2. The van der Waals surface area contributed by atoms with E-state index in [1.807, 2.05) is 5.34 Å². The minimum absolute atomic E-state index is 0.294. The second-order valence-corrected chi connectivity index (χ2v) is 2.05. The number of hydrogen-bond donors (Lipinski definition) is 0. The van der Waals surface area contributed by atoms with Crippen molar-refractivity contribution in [2.24, 2.45) is 5.34 Å². The summed E-state index contributed by atoms with van der Waals surface area (Å²) < 4.78 is 25.4. The van der Waals surface area contributed by atoms with Gasteiger partial charge in [0.05, 0.1) is 5.56 Å². The smallest absolute Gasteiger partial charge is 0.155 e. The molecule has 0 N–H and O–H groups in total. The molecule has 1 aromatic carbocycles. The van der Waals surface area contributed by atoms with Gasteiger partial charge in [-0.25, -0.2) is 8.78 Å². The molecule has 0 bridgehead atoms. The van der Waals surface area contributed by atoms with Gasteiger partial charge in [-0.15, -0.1) is 4.91 Å². The van der Waals surface area contributed by atoms with E-state index in [1.54, 1.807) is 0 Å². The maximum atomic E-state index is 12.7. The van der Waals surface area contributed by atoms with Crippen LogP contribution >= 0.6 is 0 Å². The van der Waals surface area contributed by atoms with Crippen molar-refractivity contribution in [1.29, 1.82) is 0 Å². The molecule has 0 aromatic heterocycles. The van der Waals surface area contributed by atoms with Crippen LogP contribution in [0.25, 0.3) is 0 Å². The Morgan fingerprint density at radius 1 is 1.33 bits per heavy atom. The van der Waals surface area contributed by atoms with Crippen LogP contribution in [-0.2, 0) is 11.4 Å². The highest BCUT2D eigenvalue weighted by atomic mass is 19.1. The molecule has 1 aromatic rings. The van der Waals surface area contributed by atoms with Crippen molar-refractivity contribution in [2.75, 3.05) is 0 Å². The van der Waals surface area contributed by atoms with Gasteiger partial charge in [0.2, 0.25) is 0 Å². The molecule has 3 nitrogen and oxygen atoms in total. The van der Waals surface area contributed by atoms with E-state index < -0.39 is 18.2 Å². The first-order valence-electron chi connectivity index (χ1n) is 3.13. The SMILES string of the molecule is O=NOCc1c(F)cccc1F. The average Bonchev–Trinajstić information content (AvgIpc) is 2.04. The Bertz CT molecular complexity index is 270. The van der Waals surface area contributed by atoms with E-state index >= 15 is 0 Å². The van der Waals surface area contributed by atoms with Crippen molar-refractivity contribution >= 4 is 0 Å². The topological polar surface area (TPSA) is 38.7 Å². The van der Waals surface area contributed by atoms with E-state index in [0.717, 1.165) is 12.1 Å². The fourth-order valence-electron chi connectivity index (χ4n) is 0.761. The number of halogens is 2. The summed E-state index contributed by atoms with van der Waals surface area (Å²) in [6.07, 6.45) is 0. The van der Waals surface area contributed by atoms with Gasteiger partial charge < -0.3 is 4.84 Å². The lowest BCUT2D eigenvalue weighted by atomic mass is 10.2. The highest BCUT2D eigenvalue weighted by molar-refractivity contribution is 5.18. The molecule has 5 heteroatoms. The van der Waals surface area contributed by atoms with E-state index in [2.05, 4.69) is 4.84 Å². The monoisotopic (exact) mass is 173 g/mol. The molecule has 0 unspecified atom stereocenters. The fraction of sp³-hybridized carbons (Fsp3) is 0.143. The molecule has 0 saturated heterocycles. The Kier molecular flexibility index (Phi) is 2.68. The van der Waals surface area contributed by atoms with E-state index in [-0.39, 0.29) is 5.56 Å². The summed E-state index contributed by atoms with van der Waals surface area (Å²) in [4.78, 5) is 13.5. The second-order valence-electron chi connectivity index (χ2n) is 2.05. The van der Waals surface area contributed by atoms with E-state index in [4.69, 9.17) is 0 Å². The summed E-state index contributed by atoms with van der Waals surface area (Å²) in [5.41, 5.74) is -0.294. The summed E-state index contributed by atoms with van der Waals surface area (Å²) in [6, 6.07) is 3.38. The van der Waals surface area contributed by atoms with Crippen molar-refractivity contribution in [3.63, 3.8) is 0 Å². The molecule has 0 amide bonds. The quantitative estimate of drug-likeness (QED) is 0.519. The van der Waals surface area contributed by atoms with Gasteiger partial charge in [0.15, 0.2) is 11.9 Å². The summed E-state index contributed by atoms with van der Waals surface area (Å²) >= 11 is 0. The number of nitrogens with zero attached hydrogens (tertiary/aromatic N) is 1. The minimum atomic E-state index is -0.751. The third-order valence-corrected chi connectivity index (χ3v) is 1.32. The number of rotatable bonds is 3. The highest BCUT2D eigenvalue weighted by Crippen LogP contribution is 2.12. The molecule has 0 aliphatic heterocycles. The number of hydrogen-bond acceptors (Lipinski definition) is 3. The van der Waals surface area contributed by atoms with Gasteiger partial charge in [0.25, 0.3) is 0 Å². The van der Waals surface area contributed by atoms with Crippen molar-refractivity contribution < 1.29 is 13.6 Å².